The topological polar surface area (TPSA) is 77.1 Å². The molecule has 7 nitrogen and oxygen atoms in total. The van der Waals surface area contributed by atoms with Gasteiger partial charge < -0.3 is 24.4 Å². The molecular weight excluding hydrogens is 348 g/mol. The fourth-order valence-corrected chi connectivity index (χ4v) is 3.21. The number of ether oxygens (including phenoxy) is 3. The summed E-state index contributed by atoms with van der Waals surface area (Å²) < 4.78 is 15.9. The van der Waals surface area contributed by atoms with E-state index in [4.69, 9.17) is 14.2 Å². The number of nitrogens with zero attached hydrogens (tertiary/aromatic N) is 1. The van der Waals surface area contributed by atoms with Crippen LogP contribution in [0.4, 0.5) is 4.79 Å². The van der Waals surface area contributed by atoms with Crippen LogP contribution in [0, 0.1) is 0 Å². The molecule has 1 heterocycles. The van der Waals surface area contributed by atoms with E-state index in [0.717, 1.165) is 18.4 Å². The number of likely N-dealkylation sites (tertiary alicyclic amines) is 1. The van der Waals surface area contributed by atoms with Crippen LogP contribution in [-0.4, -0.2) is 49.8 Å². The summed E-state index contributed by atoms with van der Waals surface area (Å²) in [6, 6.07) is 5.63. The Morgan fingerprint density at radius 3 is 2.59 bits per heavy atom. The molecule has 2 rings (SSSR count). The highest BCUT2D eigenvalue weighted by atomic mass is 16.6. The van der Waals surface area contributed by atoms with E-state index in [9.17, 15) is 9.59 Å². The maximum Gasteiger partial charge on any atom is 0.407 e. The first-order chi connectivity index (χ1) is 12.7. The molecule has 1 unspecified atom stereocenters. The zero-order valence-electron chi connectivity index (χ0n) is 16.8. The molecule has 2 amide bonds. The number of carbonyl (C=O) groups is 2. The fourth-order valence-electron chi connectivity index (χ4n) is 3.21. The van der Waals surface area contributed by atoms with Crippen LogP contribution in [0.2, 0.25) is 0 Å². The van der Waals surface area contributed by atoms with Crippen molar-refractivity contribution in [1.82, 2.24) is 10.2 Å². The lowest BCUT2D eigenvalue weighted by Crippen LogP contribution is -2.36. The molecule has 0 aromatic heterocycles. The van der Waals surface area contributed by atoms with E-state index in [1.165, 1.54) is 0 Å². The van der Waals surface area contributed by atoms with Crippen LogP contribution >= 0.6 is 0 Å². The van der Waals surface area contributed by atoms with Gasteiger partial charge in [0.1, 0.15) is 17.1 Å². The normalized spacial score (nSPS) is 16.8. The van der Waals surface area contributed by atoms with E-state index in [2.05, 4.69) is 5.32 Å². The molecule has 7 heteroatoms. The van der Waals surface area contributed by atoms with Gasteiger partial charge in [-0.3, -0.25) is 4.79 Å². The summed E-state index contributed by atoms with van der Waals surface area (Å²) in [6.07, 6.45) is 1.54. The Hall–Kier alpha value is -2.44. The molecule has 0 saturated carbocycles. The van der Waals surface area contributed by atoms with Gasteiger partial charge in [0, 0.05) is 31.1 Å². The first kappa shape index (κ1) is 20.9. The summed E-state index contributed by atoms with van der Waals surface area (Å²) in [7, 11) is 3.22. The quantitative estimate of drug-likeness (QED) is 0.822. The van der Waals surface area contributed by atoms with Crippen LogP contribution in [0.5, 0.6) is 11.5 Å². The van der Waals surface area contributed by atoms with Gasteiger partial charge in [-0.1, -0.05) is 0 Å². The van der Waals surface area contributed by atoms with Gasteiger partial charge in [0.25, 0.3) is 0 Å². The molecule has 150 valence electrons. The predicted octanol–water partition coefficient (Wildman–Crippen LogP) is 3.28. The first-order valence-electron chi connectivity index (χ1n) is 9.23. The highest BCUT2D eigenvalue weighted by molar-refractivity contribution is 5.78. The number of nitrogens with one attached hydrogen (secondary N) is 1. The lowest BCUT2D eigenvalue weighted by molar-refractivity contribution is -0.132. The summed E-state index contributed by atoms with van der Waals surface area (Å²) in [6.45, 7) is 6.35. The standard InChI is InChI=1S/C20H30N2O5/c1-20(2,3)27-19(24)21-11-10-18(23)22-12-6-7-16(22)15-9-8-14(25-4)13-17(15)26-5/h8-9,13,16H,6-7,10-12H2,1-5H3,(H,21,24). The summed E-state index contributed by atoms with van der Waals surface area (Å²) >= 11 is 0. The maximum atomic E-state index is 12.7. The van der Waals surface area contributed by atoms with Gasteiger partial charge in [-0.15, -0.1) is 0 Å². The highest BCUT2D eigenvalue weighted by Gasteiger charge is 2.31. The number of hydrogen-bond acceptors (Lipinski definition) is 5. The van der Waals surface area contributed by atoms with Gasteiger partial charge in [-0.2, -0.15) is 0 Å². The third-order valence-corrected chi connectivity index (χ3v) is 4.38. The minimum absolute atomic E-state index is 0.00595. The molecule has 27 heavy (non-hydrogen) atoms. The minimum Gasteiger partial charge on any atom is -0.497 e. The summed E-state index contributed by atoms with van der Waals surface area (Å²) in [5.41, 5.74) is 0.420. The second-order valence-electron chi connectivity index (χ2n) is 7.53. The van der Waals surface area contributed by atoms with Gasteiger partial charge in [0.15, 0.2) is 0 Å². The van der Waals surface area contributed by atoms with Crippen molar-refractivity contribution >= 4 is 12.0 Å². The molecule has 0 aliphatic carbocycles. The average molecular weight is 378 g/mol. The van der Waals surface area contributed by atoms with E-state index in [1.54, 1.807) is 35.0 Å². The Labute approximate surface area is 161 Å². The highest BCUT2D eigenvalue weighted by Crippen LogP contribution is 2.38. The second-order valence-corrected chi connectivity index (χ2v) is 7.53. The summed E-state index contributed by atoms with van der Waals surface area (Å²) in [4.78, 5) is 26.3. The molecular formula is C20H30N2O5. The summed E-state index contributed by atoms with van der Waals surface area (Å²) in [5.74, 6) is 1.44. The second kappa shape index (κ2) is 8.97. The van der Waals surface area contributed by atoms with Crippen molar-refractivity contribution < 1.29 is 23.8 Å². The number of methoxy groups -OCH3 is 2. The van der Waals surface area contributed by atoms with Crippen LogP contribution in [0.15, 0.2) is 18.2 Å². The Morgan fingerprint density at radius 1 is 1.22 bits per heavy atom. The van der Waals surface area contributed by atoms with Crippen LogP contribution in [0.3, 0.4) is 0 Å². The van der Waals surface area contributed by atoms with E-state index in [-0.39, 0.29) is 24.9 Å². The largest absolute Gasteiger partial charge is 0.497 e. The Balaban J connectivity index is 1.97. The third-order valence-electron chi connectivity index (χ3n) is 4.38. The number of rotatable bonds is 6. The molecule has 1 saturated heterocycles. The van der Waals surface area contributed by atoms with Gasteiger partial charge >= 0.3 is 6.09 Å². The number of alkyl carbamates (subject to hydrolysis) is 1. The van der Waals surface area contributed by atoms with E-state index >= 15 is 0 Å². The Kier molecular flexibility index (Phi) is 6.93. The monoisotopic (exact) mass is 378 g/mol. The fraction of sp³-hybridized carbons (Fsp3) is 0.600. The van der Waals surface area contributed by atoms with Crippen LogP contribution in [-0.2, 0) is 9.53 Å². The van der Waals surface area contributed by atoms with Crippen molar-refractivity contribution in [2.75, 3.05) is 27.3 Å². The molecule has 0 spiro atoms. The van der Waals surface area contributed by atoms with Gasteiger partial charge in [-0.05, 0) is 45.7 Å². The number of amides is 2. The first-order valence-corrected chi connectivity index (χ1v) is 9.23. The minimum atomic E-state index is -0.556. The predicted molar refractivity (Wildman–Crippen MR) is 102 cm³/mol. The molecule has 1 aromatic carbocycles. The van der Waals surface area contributed by atoms with Crippen molar-refractivity contribution in [2.24, 2.45) is 0 Å². The average Bonchev–Trinajstić information content (AvgIpc) is 3.09. The lowest BCUT2D eigenvalue weighted by atomic mass is 10.0. The zero-order chi connectivity index (χ0) is 20.0. The molecule has 0 radical (unpaired) electrons. The van der Waals surface area contributed by atoms with Crippen LogP contribution in [0.25, 0.3) is 0 Å². The van der Waals surface area contributed by atoms with Gasteiger partial charge in [0.05, 0.1) is 20.3 Å². The van der Waals surface area contributed by atoms with E-state index in [0.29, 0.717) is 18.0 Å². The molecule has 1 aliphatic rings. The van der Waals surface area contributed by atoms with Crippen molar-refractivity contribution in [2.45, 2.75) is 51.7 Å². The van der Waals surface area contributed by atoms with E-state index < -0.39 is 11.7 Å². The molecule has 0 bridgehead atoms. The van der Waals surface area contributed by atoms with Gasteiger partial charge in [0.2, 0.25) is 5.91 Å². The van der Waals surface area contributed by atoms with Crippen molar-refractivity contribution in [3.8, 4) is 11.5 Å². The van der Waals surface area contributed by atoms with Crippen molar-refractivity contribution in [3.05, 3.63) is 23.8 Å². The Morgan fingerprint density at radius 2 is 1.96 bits per heavy atom. The molecule has 1 atom stereocenters. The van der Waals surface area contributed by atoms with Crippen LogP contribution in [0.1, 0.15) is 51.6 Å². The summed E-state index contributed by atoms with van der Waals surface area (Å²) in [5, 5.41) is 2.64. The van der Waals surface area contributed by atoms with Crippen LogP contribution < -0.4 is 14.8 Å². The Bertz CT molecular complexity index is 669. The maximum absolute atomic E-state index is 12.7. The number of hydrogen-bond donors (Lipinski definition) is 1. The van der Waals surface area contributed by atoms with Crippen molar-refractivity contribution in [1.29, 1.82) is 0 Å². The molecule has 1 aromatic rings. The molecule has 1 N–H and O–H groups in total. The van der Waals surface area contributed by atoms with E-state index in [1.807, 2.05) is 23.1 Å². The third kappa shape index (κ3) is 5.77. The van der Waals surface area contributed by atoms with Gasteiger partial charge in [-0.25, -0.2) is 4.79 Å². The molecule has 1 fully saturated rings. The molecule has 1 aliphatic heterocycles. The smallest absolute Gasteiger partial charge is 0.407 e. The van der Waals surface area contributed by atoms with Crippen molar-refractivity contribution in [3.63, 3.8) is 0 Å². The number of benzene rings is 1. The number of carbonyl (C=O) groups excluding carboxylic acids is 2. The zero-order valence-corrected chi connectivity index (χ0v) is 16.8. The SMILES string of the molecule is COc1ccc(C2CCCN2C(=O)CCNC(=O)OC(C)(C)C)c(OC)c1. The lowest BCUT2D eigenvalue weighted by Gasteiger charge is -2.27.